The first-order valence-corrected chi connectivity index (χ1v) is 7.28. The van der Waals surface area contributed by atoms with E-state index in [1.807, 2.05) is 0 Å². The van der Waals surface area contributed by atoms with Crippen molar-refractivity contribution in [3.8, 4) is 0 Å². The summed E-state index contributed by atoms with van der Waals surface area (Å²) in [6, 6.07) is 10.4. The summed E-state index contributed by atoms with van der Waals surface area (Å²) >= 11 is 3.64. The van der Waals surface area contributed by atoms with Crippen LogP contribution >= 0.6 is 15.9 Å². The minimum Gasteiger partial charge on any atom is -0.328 e. The molecule has 17 heavy (non-hydrogen) atoms. The van der Waals surface area contributed by atoms with Crippen molar-refractivity contribution in [2.45, 2.75) is 50.4 Å². The van der Waals surface area contributed by atoms with Crippen molar-refractivity contribution in [1.82, 2.24) is 4.90 Å². The van der Waals surface area contributed by atoms with E-state index >= 15 is 0 Å². The monoisotopic (exact) mass is 294 g/mol. The van der Waals surface area contributed by atoms with Gasteiger partial charge in [0, 0.05) is 29.1 Å². The average molecular weight is 295 g/mol. The van der Waals surface area contributed by atoms with Gasteiger partial charge in [0.25, 0.3) is 0 Å². The fraction of sp³-hybridized carbons (Fsp3) is 0.571. The molecule has 2 saturated heterocycles. The molecule has 0 radical (unpaired) electrons. The molecule has 1 aromatic carbocycles. The number of piperidine rings is 1. The van der Waals surface area contributed by atoms with Gasteiger partial charge in [0.15, 0.2) is 0 Å². The summed E-state index contributed by atoms with van der Waals surface area (Å²) in [5.41, 5.74) is 7.51. The van der Waals surface area contributed by atoms with E-state index in [4.69, 9.17) is 5.73 Å². The van der Waals surface area contributed by atoms with Crippen molar-refractivity contribution in [3.63, 3.8) is 0 Å². The summed E-state index contributed by atoms with van der Waals surface area (Å²) < 4.78 is 1.23. The number of benzene rings is 1. The van der Waals surface area contributed by atoms with E-state index < -0.39 is 0 Å². The van der Waals surface area contributed by atoms with Crippen molar-refractivity contribution in [2.24, 2.45) is 5.73 Å². The lowest BCUT2D eigenvalue weighted by molar-refractivity contribution is 0.119. The topological polar surface area (TPSA) is 29.3 Å². The van der Waals surface area contributed by atoms with Crippen LogP contribution in [-0.2, 0) is 6.54 Å². The SMILES string of the molecule is NC1CC2CCC(C1)N2Cc1ccccc1Br. The Bertz CT molecular complexity index is 393. The largest absolute Gasteiger partial charge is 0.328 e. The molecule has 2 heterocycles. The quantitative estimate of drug-likeness (QED) is 0.909. The van der Waals surface area contributed by atoms with E-state index in [0.717, 1.165) is 18.6 Å². The van der Waals surface area contributed by atoms with Gasteiger partial charge in [0.2, 0.25) is 0 Å². The molecule has 2 unspecified atom stereocenters. The van der Waals surface area contributed by atoms with Gasteiger partial charge < -0.3 is 5.73 Å². The van der Waals surface area contributed by atoms with Crippen LogP contribution in [-0.4, -0.2) is 23.0 Å². The van der Waals surface area contributed by atoms with E-state index in [1.54, 1.807) is 0 Å². The Kier molecular flexibility index (Phi) is 3.24. The van der Waals surface area contributed by atoms with Gasteiger partial charge in [-0.2, -0.15) is 0 Å². The van der Waals surface area contributed by atoms with Crippen LogP contribution in [0.1, 0.15) is 31.2 Å². The Morgan fingerprint density at radius 2 is 1.82 bits per heavy atom. The normalized spacial score (nSPS) is 32.9. The summed E-state index contributed by atoms with van der Waals surface area (Å²) in [7, 11) is 0. The van der Waals surface area contributed by atoms with Crippen LogP contribution in [0.2, 0.25) is 0 Å². The van der Waals surface area contributed by atoms with Gasteiger partial charge >= 0.3 is 0 Å². The smallest absolute Gasteiger partial charge is 0.0250 e. The second-order valence-corrected chi connectivity index (χ2v) is 6.23. The third kappa shape index (κ3) is 2.28. The zero-order valence-corrected chi connectivity index (χ0v) is 11.6. The van der Waals surface area contributed by atoms with Gasteiger partial charge in [0.05, 0.1) is 0 Å². The minimum absolute atomic E-state index is 0.433. The van der Waals surface area contributed by atoms with Crippen molar-refractivity contribution in [3.05, 3.63) is 34.3 Å². The van der Waals surface area contributed by atoms with Crippen LogP contribution in [0.15, 0.2) is 28.7 Å². The van der Waals surface area contributed by atoms with E-state index in [9.17, 15) is 0 Å². The summed E-state index contributed by atoms with van der Waals surface area (Å²) in [4.78, 5) is 2.67. The third-order valence-corrected chi connectivity index (χ3v) is 5.01. The highest BCUT2D eigenvalue weighted by molar-refractivity contribution is 9.10. The highest BCUT2D eigenvalue weighted by Crippen LogP contribution is 2.36. The molecule has 2 N–H and O–H groups in total. The molecule has 3 rings (SSSR count). The second-order valence-electron chi connectivity index (χ2n) is 5.38. The highest BCUT2D eigenvalue weighted by Gasteiger charge is 2.39. The fourth-order valence-electron chi connectivity index (χ4n) is 3.40. The first-order valence-electron chi connectivity index (χ1n) is 6.49. The Hall–Kier alpha value is -0.380. The van der Waals surface area contributed by atoms with Gasteiger partial charge in [-0.25, -0.2) is 0 Å². The third-order valence-electron chi connectivity index (χ3n) is 4.23. The van der Waals surface area contributed by atoms with Crippen LogP contribution < -0.4 is 5.73 Å². The van der Waals surface area contributed by atoms with Crippen LogP contribution in [0.25, 0.3) is 0 Å². The zero-order chi connectivity index (χ0) is 11.8. The number of nitrogens with two attached hydrogens (primary N) is 1. The number of hydrogen-bond acceptors (Lipinski definition) is 2. The van der Waals surface area contributed by atoms with E-state index in [0.29, 0.717) is 6.04 Å². The minimum atomic E-state index is 0.433. The molecule has 2 atom stereocenters. The Morgan fingerprint density at radius 1 is 1.18 bits per heavy atom. The number of halogens is 1. The van der Waals surface area contributed by atoms with Crippen molar-refractivity contribution >= 4 is 15.9 Å². The summed E-state index contributed by atoms with van der Waals surface area (Å²) in [5.74, 6) is 0. The van der Waals surface area contributed by atoms with E-state index in [-0.39, 0.29) is 0 Å². The Morgan fingerprint density at radius 3 is 2.47 bits per heavy atom. The van der Waals surface area contributed by atoms with Crippen molar-refractivity contribution < 1.29 is 0 Å². The molecule has 92 valence electrons. The number of nitrogens with zero attached hydrogens (tertiary/aromatic N) is 1. The molecule has 0 aromatic heterocycles. The molecular formula is C14H19BrN2. The van der Waals surface area contributed by atoms with E-state index in [1.165, 1.54) is 35.7 Å². The average Bonchev–Trinajstić information content (AvgIpc) is 2.56. The molecule has 2 nitrogen and oxygen atoms in total. The van der Waals surface area contributed by atoms with Crippen LogP contribution in [0.3, 0.4) is 0 Å². The molecule has 3 heteroatoms. The summed E-state index contributed by atoms with van der Waals surface area (Å²) in [6.07, 6.45) is 5.04. The van der Waals surface area contributed by atoms with Crippen LogP contribution in [0.5, 0.6) is 0 Å². The number of fused-ring (bicyclic) bond motifs is 2. The molecule has 2 aliphatic rings. The number of hydrogen-bond donors (Lipinski definition) is 1. The lowest BCUT2D eigenvalue weighted by Gasteiger charge is -2.37. The predicted molar refractivity (Wildman–Crippen MR) is 73.7 cm³/mol. The molecule has 0 spiro atoms. The van der Waals surface area contributed by atoms with E-state index in [2.05, 4.69) is 45.1 Å². The second kappa shape index (κ2) is 4.71. The highest BCUT2D eigenvalue weighted by atomic mass is 79.9. The van der Waals surface area contributed by atoms with Gasteiger partial charge in [-0.15, -0.1) is 0 Å². The molecular weight excluding hydrogens is 276 g/mol. The molecule has 0 saturated carbocycles. The maximum Gasteiger partial charge on any atom is 0.0250 e. The molecule has 2 bridgehead atoms. The zero-order valence-electron chi connectivity index (χ0n) is 9.98. The molecule has 1 aromatic rings. The maximum absolute atomic E-state index is 6.11. The van der Waals surface area contributed by atoms with Gasteiger partial charge in [0.1, 0.15) is 0 Å². The predicted octanol–water partition coefficient (Wildman–Crippen LogP) is 2.90. The Labute approximate surface area is 111 Å². The fourth-order valence-corrected chi connectivity index (χ4v) is 3.81. The van der Waals surface area contributed by atoms with Crippen LogP contribution in [0, 0.1) is 0 Å². The molecule has 2 aliphatic heterocycles. The first kappa shape index (κ1) is 11.7. The molecule has 2 fully saturated rings. The lowest BCUT2D eigenvalue weighted by atomic mass is 9.97. The Balaban J connectivity index is 1.76. The van der Waals surface area contributed by atoms with Gasteiger partial charge in [-0.3, -0.25) is 4.90 Å². The van der Waals surface area contributed by atoms with Crippen molar-refractivity contribution in [1.29, 1.82) is 0 Å². The van der Waals surface area contributed by atoms with Crippen LogP contribution in [0.4, 0.5) is 0 Å². The van der Waals surface area contributed by atoms with Gasteiger partial charge in [-0.05, 0) is 37.3 Å². The van der Waals surface area contributed by atoms with Crippen molar-refractivity contribution in [2.75, 3.05) is 0 Å². The lowest BCUT2D eigenvalue weighted by Crippen LogP contribution is -2.46. The first-order chi connectivity index (χ1) is 8.24. The standard InChI is InChI=1S/C14H19BrN2/c15-14-4-2-1-3-10(14)9-17-12-5-6-13(17)8-11(16)7-12/h1-4,11-13H,5-9,16H2. The molecule has 0 aliphatic carbocycles. The summed E-state index contributed by atoms with van der Waals surface area (Å²) in [6.45, 7) is 1.07. The van der Waals surface area contributed by atoms with Gasteiger partial charge in [-0.1, -0.05) is 34.1 Å². The maximum atomic E-state index is 6.11. The summed E-state index contributed by atoms with van der Waals surface area (Å²) in [5, 5.41) is 0. The number of rotatable bonds is 2. The molecule has 0 amide bonds.